The van der Waals surface area contributed by atoms with Crippen molar-refractivity contribution in [3.63, 3.8) is 0 Å². The molecule has 0 fully saturated rings. The molecule has 5 aromatic rings. The van der Waals surface area contributed by atoms with Crippen LogP contribution in [-0.2, 0) is 4.57 Å². The zero-order chi connectivity index (χ0) is 29.4. The minimum Gasteiger partial charge on any atom is -0.380 e. The Hall–Kier alpha value is -4.37. The van der Waals surface area contributed by atoms with Gasteiger partial charge in [-0.3, -0.25) is 9.59 Å². The second-order valence-corrected chi connectivity index (χ2v) is 12.6. The van der Waals surface area contributed by atoms with E-state index in [1.54, 1.807) is 72.8 Å². The summed E-state index contributed by atoms with van der Waals surface area (Å²) in [6, 6.07) is 39.9. The van der Waals surface area contributed by atoms with Crippen molar-refractivity contribution >= 4 is 29.1 Å². The van der Waals surface area contributed by atoms with E-state index < -0.39 is 13.2 Å². The summed E-state index contributed by atoms with van der Waals surface area (Å²) in [6.45, 7) is 5.82. The maximum atomic E-state index is 14.2. The van der Waals surface area contributed by atoms with Crippen molar-refractivity contribution in [2.75, 3.05) is 0 Å². The lowest BCUT2D eigenvalue weighted by molar-refractivity contribution is 0.0747. The molecular formula is C36H33O4P. The van der Waals surface area contributed by atoms with Gasteiger partial charge in [0.15, 0.2) is 5.78 Å². The van der Waals surface area contributed by atoms with E-state index in [9.17, 15) is 19.3 Å². The van der Waals surface area contributed by atoms with Crippen LogP contribution in [0.25, 0.3) is 0 Å². The van der Waals surface area contributed by atoms with Crippen molar-refractivity contribution < 1.29 is 19.3 Å². The molecule has 0 radical (unpaired) electrons. The minimum atomic E-state index is -3.44. The second-order valence-electron chi connectivity index (χ2n) is 9.90. The van der Waals surface area contributed by atoms with Crippen molar-refractivity contribution in [2.45, 2.75) is 26.9 Å². The lowest BCUT2D eigenvalue weighted by Gasteiger charge is -2.20. The summed E-state index contributed by atoms with van der Waals surface area (Å²) < 4.78 is 14.2. The molecule has 1 N–H and O–H groups in total. The Morgan fingerprint density at radius 2 is 1.00 bits per heavy atom. The van der Waals surface area contributed by atoms with Gasteiger partial charge >= 0.3 is 0 Å². The SMILES string of the molecule is Cc1cc(C)c(C(=O)P(=O)(c2ccccc2)c2ccccc2)c(C)c1.O=C(c1ccccc1)C(O)c1ccccc1. The topological polar surface area (TPSA) is 71.4 Å². The highest BCUT2D eigenvalue weighted by Crippen LogP contribution is 2.47. The largest absolute Gasteiger partial charge is 0.380 e. The Balaban J connectivity index is 0.000000208. The van der Waals surface area contributed by atoms with Crippen molar-refractivity contribution in [1.29, 1.82) is 0 Å². The first-order valence-electron chi connectivity index (χ1n) is 13.4. The third-order valence-corrected chi connectivity index (χ3v) is 9.68. The van der Waals surface area contributed by atoms with Crippen LogP contribution in [0.2, 0.25) is 0 Å². The predicted molar refractivity (Wildman–Crippen MR) is 167 cm³/mol. The number of rotatable bonds is 7. The maximum absolute atomic E-state index is 14.2. The first-order valence-corrected chi connectivity index (χ1v) is 15.1. The fraction of sp³-hybridized carbons (Fsp3) is 0.111. The molecule has 0 saturated heterocycles. The smallest absolute Gasteiger partial charge is 0.230 e. The van der Waals surface area contributed by atoms with Gasteiger partial charge in [0, 0.05) is 21.7 Å². The Morgan fingerprint density at radius 1 is 0.610 bits per heavy atom. The summed E-state index contributed by atoms with van der Waals surface area (Å²) in [6.07, 6.45) is -1.08. The lowest BCUT2D eigenvalue weighted by Crippen LogP contribution is -2.23. The Bertz CT molecular complexity index is 1600. The number of Topliss-reactive ketones (excluding diaryl/α,β-unsaturated/α-hetero) is 1. The van der Waals surface area contributed by atoms with E-state index >= 15 is 0 Å². The molecule has 0 saturated carbocycles. The van der Waals surface area contributed by atoms with Gasteiger partial charge in [0.1, 0.15) is 6.10 Å². The molecule has 0 aromatic heterocycles. The van der Waals surface area contributed by atoms with E-state index in [1.807, 2.05) is 81.4 Å². The normalized spacial score (nSPS) is 11.6. The van der Waals surface area contributed by atoms with Crippen LogP contribution < -0.4 is 10.6 Å². The minimum absolute atomic E-state index is 0.271. The zero-order valence-corrected chi connectivity index (χ0v) is 24.3. The quantitative estimate of drug-likeness (QED) is 0.167. The summed E-state index contributed by atoms with van der Waals surface area (Å²) in [7, 11) is -3.44. The number of aliphatic hydroxyl groups excluding tert-OH is 1. The highest BCUT2D eigenvalue weighted by molar-refractivity contribution is 7.93. The van der Waals surface area contributed by atoms with Crippen LogP contribution in [-0.4, -0.2) is 16.4 Å². The maximum Gasteiger partial charge on any atom is 0.230 e. The highest BCUT2D eigenvalue weighted by atomic mass is 31.2. The van der Waals surface area contributed by atoms with Crippen molar-refractivity contribution in [3.05, 3.63) is 167 Å². The molecule has 0 spiro atoms. The van der Waals surface area contributed by atoms with Gasteiger partial charge in [-0.25, -0.2) is 0 Å². The molecule has 5 rings (SSSR count). The molecule has 0 aliphatic rings. The molecule has 0 aliphatic heterocycles. The van der Waals surface area contributed by atoms with E-state index in [-0.39, 0.29) is 11.3 Å². The fourth-order valence-corrected chi connectivity index (χ4v) is 7.50. The summed E-state index contributed by atoms with van der Waals surface area (Å²) in [4.78, 5) is 25.5. The Morgan fingerprint density at radius 3 is 1.44 bits per heavy atom. The van der Waals surface area contributed by atoms with Gasteiger partial charge in [-0.15, -0.1) is 0 Å². The van der Waals surface area contributed by atoms with Gasteiger partial charge in [0.05, 0.1) is 0 Å². The molecule has 0 aliphatic carbocycles. The Kier molecular flexibility index (Phi) is 9.62. The van der Waals surface area contributed by atoms with Crippen molar-refractivity contribution in [2.24, 2.45) is 0 Å². The average molecular weight is 561 g/mol. The van der Waals surface area contributed by atoms with Crippen LogP contribution in [0.15, 0.2) is 133 Å². The first-order chi connectivity index (χ1) is 19.7. The number of benzene rings is 5. The number of aryl methyl sites for hydroxylation is 3. The molecule has 4 nitrogen and oxygen atoms in total. The van der Waals surface area contributed by atoms with Gasteiger partial charge in [-0.2, -0.15) is 0 Å². The molecule has 0 amide bonds. The molecule has 1 atom stereocenters. The lowest BCUT2D eigenvalue weighted by atomic mass is 10.0. The molecule has 41 heavy (non-hydrogen) atoms. The fourth-order valence-electron chi connectivity index (χ4n) is 4.88. The van der Waals surface area contributed by atoms with Gasteiger partial charge in [0.25, 0.3) is 0 Å². The van der Waals surface area contributed by atoms with E-state index in [2.05, 4.69) is 0 Å². The number of hydrogen-bond acceptors (Lipinski definition) is 4. The van der Waals surface area contributed by atoms with Crippen LogP contribution in [0, 0.1) is 20.8 Å². The van der Waals surface area contributed by atoms with Crippen LogP contribution in [0.1, 0.15) is 49.1 Å². The van der Waals surface area contributed by atoms with Crippen molar-refractivity contribution in [3.8, 4) is 0 Å². The number of hydrogen-bond donors (Lipinski definition) is 1. The third-order valence-electron chi connectivity index (χ3n) is 6.84. The van der Waals surface area contributed by atoms with Gasteiger partial charge in [-0.1, -0.05) is 139 Å². The van der Waals surface area contributed by atoms with Crippen molar-refractivity contribution in [1.82, 2.24) is 0 Å². The summed E-state index contributed by atoms with van der Waals surface area (Å²) in [5, 5.41) is 11.0. The standard InChI is InChI=1S/C22H21O2P.C14H12O2/c1-16-14-17(2)21(18(3)15-16)22(23)25(24,19-10-6-4-7-11-19)20-12-8-5-9-13-20;15-13(11-7-3-1-4-8-11)14(16)12-9-5-2-6-10-12/h4-15H,1-3H3;1-10,13,15H. The number of carbonyl (C=O) groups excluding carboxylic acids is 2. The zero-order valence-electron chi connectivity index (χ0n) is 23.4. The van der Waals surface area contributed by atoms with E-state index in [0.29, 0.717) is 27.3 Å². The third kappa shape index (κ3) is 6.69. The first kappa shape index (κ1) is 29.6. The number of carbonyl (C=O) groups is 2. The van der Waals surface area contributed by atoms with E-state index in [4.69, 9.17) is 0 Å². The monoisotopic (exact) mass is 560 g/mol. The number of aliphatic hydroxyl groups is 1. The molecular weight excluding hydrogens is 527 g/mol. The predicted octanol–water partition coefficient (Wildman–Crippen LogP) is 7.37. The van der Waals surface area contributed by atoms with Crippen LogP contribution >= 0.6 is 7.14 Å². The molecule has 0 bridgehead atoms. The van der Waals surface area contributed by atoms with Gasteiger partial charge in [-0.05, 0) is 37.5 Å². The number of ketones is 1. The van der Waals surface area contributed by atoms with E-state index in [0.717, 1.165) is 16.7 Å². The van der Waals surface area contributed by atoms with Crippen LogP contribution in [0.4, 0.5) is 0 Å². The van der Waals surface area contributed by atoms with Crippen LogP contribution in [0.3, 0.4) is 0 Å². The summed E-state index contributed by atoms with van der Waals surface area (Å²) >= 11 is 0. The molecule has 206 valence electrons. The summed E-state index contributed by atoms with van der Waals surface area (Å²) in [5.74, 6) is -0.271. The molecule has 5 heteroatoms. The van der Waals surface area contributed by atoms with Gasteiger partial charge in [0.2, 0.25) is 12.7 Å². The molecule has 1 unspecified atom stereocenters. The highest BCUT2D eigenvalue weighted by Gasteiger charge is 2.37. The second kappa shape index (κ2) is 13.3. The Labute approximate surface area is 241 Å². The summed E-state index contributed by atoms with van der Waals surface area (Å²) in [5.41, 5.74) is 4.27. The molecule has 0 heterocycles. The average Bonchev–Trinajstić information content (AvgIpc) is 3.01. The van der Waals surface area contributed by atoms with Crippen LogP contribution in [0.5, 0.6) is 0 Å². The van der Waals surface area contributed by atoms with Gasteiger partial charge < -0.3 is 9.67 Å². The van der Waals surface area contributed by atoms with E-state index in [1.165, 1.54) is 0 Å². The molecule has 5 aromatic carbocycles.